The van der Waals surface area contributed by atoms with E-state index in [9.17, 15) is 4.79 Å². The van der Waals surface area contributed by atoms with E-state index in [1.165, 1.54) is 6.26 Å². The van der Waals surface area contributed by atoms with Gasteiger partial charge in [-0.25, -0.2) is 4.79 Å². The predicted octanol–water partition coefficient (Wildman–Crippen LogP) is 3.24. The smallest absolute Gasteiger partial charge is 0.315 e. The Morgan fingerprint density at radius 2 is 2.19 bits per heavy atom. The van der Waals surface area contributed by atoms with Crippen molar-refractivity contribution in [2.45, 2.75) is 13.0 Å². The number of ether oxygens (including phenoxy) is 2. The number of hydrogen-bond donors (Lipinski definition) is 2. The Hall–Kier alpha value is -1.59. The molecule has 0 aliphatic carbocycles. The molecule has 1 atom stereocenters. The minimum atomic E-state index is -0.325. The van der Waals surface area contributed by atoms with Crippen LogP contribution in [0.15, 0.2) is 30.2 Å². The van der Waals surface area contributed by atoms with Crippen molar-refractivity contribution in [3.8, 4) is 0 Å². The van der Waals surface area contributed by atoms with Crippen molar-refractivity contribution in [1.82, 2.24) is 10.6 Å². The Balaban J connectivity index is 1.87. The summed E-state index contributed by atoms with van der Waals surface area (Å²) in [7, 11) is 0. The highest BCUT2D eigenvalue weighted by Gasteiger charge is 2.14. The first-order chi connectivity index (χ1) is 10.1. The molecule has 0 saturated carbocycles. The first-order valence-corrected chi connectivity index (χ1v) is 7.25. The van der Waals surface area contributed by atoms with Gasteiger partial charge in [-0.15, -0.1) is 0 Å². The van der Waals surface area contributed by atoms with Crippen molar-refractivity contribution in [3.05, 3.63) is 45.8 Å². The first kappa shape index (κ1) is 15.8. The number of halogens is 2. The van der Waals surface area contributed by atoms with Crippen molar-refractivity contribution in [2.24, 2.45) is 0 Å². The molecule has 1 aliphatic heterocycles. The number of rotatable bonds is 4. The van der Waals surface area contributed by atoms with E-state index in [1.54, 1.807) is 12.1 Å². The lowest BCUT2D eigenvalue weighted by Gasteiger charge is -2.19. The average molecular weight is 331 g/mol. The molecule has 0 saturated heterocycles. The van der Waals surface area contributed by atoms with Crippen LogP contribution in [0.1, 0.15) is 18.5 Å². The Bertz CT molecular complexity index is 549. The van der Waals surface area contributed by atoms with Gasteiger partial charge < -0.3 is 20.1 Å². The number of hydrogen-bond acceptors (Lipinski definition) is 3. The molecular weight excluding hydrogens is 315 g/mol. The Morgan fingerprint density at radius 3 is 2.90 bits per heavy atom. The molecule has 1 heterocycles. The molecule has 0 aromatic heterocycles. The molecule has 2 amide bonds. The van der Waals surface area contributed by atoms with Crippen LogP contribution in [0.3, 0.4) is 0 Å². The van der Waals surface area contributed by atoms with E-state index in [1.807, 2.05) is 13.0 Å². The van der Waals surface area contributed by atoms with Crippen LogP contribution < -0.4 is 10.6 Å². The highest BCUT2D eigenvalue weighted by molar-refractivity contribution is 6.42. The third-order valence-electron chi connectivity index (χ3n) is 2.92. The molecule has 0 bridgehead atoms. The van der Waals surface area contributed by atoms with Gasteiger partial charge in [0.25, 0.3) is 0 Å². The maximum absolute atomic E-state index is 11.8. The lowest BCUT2D eigenvalue weighted by Crippen LogP contribution is -2.38. The summed E-state index contributed by atoms with van der Waals surface area (Å²) < 4.78 is 10.4. The monoisotopic (exact) mass is 330 g/mol. The number of amides is 2. The molecule has 5 nitrogen and oxygen atoms in total. The third kappa shape index (κ3) is 4.44. The maximum atomic E-state index is 11.8. The Kier molecular flexibility index (Phi) is 5.59. The molecule has 1 aromatic carbocycles. The zero-order valence-corrected chi connectivity index (χ0v) is 13.0. The maximum Gasteiger partial charge on any atom is 0.315 e. The van der Waals surface area contributed by atoms with E-state index in [0.29, 0.717) is 29.0 Å². The first-order valence-electron chi connectivity index (χ1n) is 6.49. The van der Waals surface area contributed by atoms with Gasteiger partial charge in [0.1, 0.15) is 25.2 Å². The van der Waals surface area contributed by atoms with E-state index in [4.69, 9.17) is 32.7 Å². The van der Waals surface area contributed by atoms with Crippen LogP contribution in [-0.4, -0.2) is 25.8 Å². The number of benzene rings is 1. The summed E-state index contributed by atoms with van der Waals surface area (Å²) in [4.78, 5) is 11.8. The normalized spacial score (nSPS) is 15.3. The topological polar surface area (TPSA) is 59.6 Å². The second-order valence-corrected chi connectivity index (χ2v) is 5.28. The van der Waals surface area contributed by atoms with E-state index < -0.39 is 0 Å². The van der Waals surface area contributed by atoms with Crippen LogP contribution in [-0.2, 0) is 9.47 Å². The van der Waals surface area contributed by atoms with Crippen molar-refractivity contribution in [1.29, 1.82) is 0 Å². The summed E-state index contributed by atoms with van der Waals surface area (Å²) in [5.74, 6) is 0.588. The summed E-state index contributed by atoms with van der Waals surface area (Å²) in [6, 6.07) is 4.71. The molecule has 2 N–H and O–H groups in total. The van der Waals surface area contributed by atoms with Gasteiger partial charge in [-0.1, -0.05) is 35.3 Å². The number of carbonyl (C=O) groups excluding carboxylic acids is 1. The summed E-state index contributed by atoms with van der Waals surface area (Å²) in [5.41, 5.74) is 0.760. The van der Waals surface area contributed by atoms with Crippen molar-refractivity contribution in [2.75, 3.05) is 19.8 Å². The number of nitrogens with one attached hydrogen (secondary N) is 2. The molecule has 0 radical (unpaired) electrons. The number of carbonyl (C=O) groups is 1. The highest BCUT2D eigenvalue weighted by atomic mass is 35.5. The summed E-state index contributed by atoms with van der Waals surface area (Å²) in [6.07, 6.45) is 1.50. The van der Waals surface area contributed by atoms with Gasteiger partial charge >= 0.3 is 6.03 Å². The van der Waals surface area contributed by atoms with Gasteiger partial charge in [0.2, 0.25) is 0 Å². The van der Waals surface area contributed by atoms with Crippen LogP contribution in [0.25, 0.3) is 0 Å². The quantitative estimate of drug-likeness (QED) is 0.890. The molecule has 1 aromatic rings. The van der Waals surface area contributed by atoms with E-state index >= 15 is 0 Å². The molecular formula is C14H16Cl2N2O3. The fourth-order valence-electron chi connectivity index (χ4n) is 1.85. The largest absolute Gasteiger partial charge is 0.494 e. The average Bonchev–Trinajstić information content (AvgIpc) is 2.49. The second-order valence-electron chi connectivity index (χ2n) is 4.50. The fraction of sp³-hybridized carbons (Fsp3) is 0.357. The van der Waals surface area contributed by atoms with Gasteiger partial charge in [-0.2, -0.15) is 0 Å². The Morgan fingerprint density at radius 1 is 1.38 bits per heavy atom. The molecule has 2 rings (SSSR count). The van der Waals surface area contributed by atoms with Gasteiger partial charge in [0.05, 0.1) is 22.6 Å². The predicted molar refractivity (Wildman–Crippen MR) is 81.4 cm³/mol. The standard InChI is InChI=1S/C14H16Cl2N2O3/c1-9(11-3-2-4-12(15)13(11)16)18-14(19)17-7-10-8-20-5-6-21-10/h2-4,8-9H,5-7H2,1H3,(H2,17,18,19)/t9-/m0/s1. The highest BCUT2D eigenvalue weighted by Crippen LogP contribution is 2.29. The van der Waals surface area contributed by atoms with Crippen molar-refractivity contribution >= 4 is 29.2 Å². The van der Waals surface area contributed by atoms with E-state index in [-0.39, 0.29) is 18.6 Å². The second kappa shape index (κ2) is 7.43. The summed E-state index contributed by atoms with van der Waals surface area (Å²) in [6.45, 7) is 3.11. The molecule has 0 spiro atoms. The fourth-order valence-corrected chi connectivity index (χ4v) is 2.32. The molecule has 7 heteroatoms. The minimum Gasteiger partial charge on any atom is -0.494 e. The SMILES string of the molecule is C[C@H](NC(=O)NCC1=COCCO1)c1cccc(Cl)c1Cl. The van der Waals surface area contributed by atoms with E-state index in [2.05, 4.69) is 10.6 Å². The molecule has 21 heavy (non-hydrogen) atoms. The minimum absolute atomic E-state index is 0.266. The van der Waals surface area contributed by atoms with Gasteiger partial charge in [-0.3, -0.25) is 0 Å². The zero-order chi connectivity index (χ0) is 15.2. The Labute approximate surface area is 133 Å². The van der Waals surface area contributed by atoms with E-state index in [0.717, 1.165) is 5.56 Å². The van der Waals surface area contributed by atoms with Crippen LogP contribution in [0.4, 0.5) is 4.79 Å². The lowest BCUT2D eigenvalue weighted by atomic mass is 10.1. The van der Waals surface area contributed by atoms with Crippen LogP contribution in [0, 0.1) is 0 Å². The third-order valence-corrected chi connectivity index (χ3v) is 3.76. The lowest BCUT2D eigenvalue weighted by molar-refractivity contribution is 0.0816. The van der Waals surface area contributed by atoms with Crippen LogP contribution >= 0.6 is 23.2 Å². The van der Waals surface area contributed by atoms with Gasteiger partial charge in [-0.05, 0) is 18.6 Å². The van der Waals surface area contributed by atoms with Crippen molar-refractivity contribution < 1.29 is 14.3 Å². The summed E-state index contributed by atoms with van der Waals surface area (Å²) in [5, 5.41) is 6.38. The molecule has 0 fully saturated rings. The molecule has 1 aliphatic rings. The molecule has 114 valence electrons. The van der Waals surface area contributed by atoms with Gasteiger partial charge in [0, 0.05) is 0 Å². The molecule has 0 unspecified atom stereocenters. The number of urea groups is 1. The van der Waals surface area contributed by atoms with Gasteiger partial charge in [0.15, 0.2) is 0 Å². The zero-order valence-electron chi connectivity index (χ0n) is 11.5. The van der Waals surface area contributed by atoms with Crippen LogP contribution in [0.2, 0.25) is 10.0 Å². The van der Waals surface area contributed by atoms with Crippen molar-refractivity contribution in [3.63, 3.8) is 0 Å². The summed E-state index contributed by atoms with van der Waals surface area (Å²) >= 11 is 12.1. The van der Waals surface area contributed by atoms with Crippen LogP contribution in [0.5, 0.6) is 0 Å².